The smallest absolute Gasteiger partial charge is 0.245 e. The number of nitrogens with zero attached hydrogens (tertiary/aromatic N) is 3. The Morgan fingerprint density at radius 3 is 2.71 bits per heavy atom. The van der Waals surface area contributed by atoms with Gasteiger partial charge < -0.3 is 0 Å². The molecule has 5 heteroatoms. The molecule has 2 atom stereocenters. The summed E-state index contributed by atoms with van der Waals surface area (Å²) < 4.78 is 0. The molecule has 4 rings (SSSR count). The van der Waals surface area contributed by atoms with Crippen LogP contribution in [0, 0.1) is 5.92 Å². The Balaban J connectivity index is 1.95. The average molecular weight is 338 g/mol. The minimum atomic E-state index is -0.142. The predicted molar refractivity (Wildman–Crippen MR) is 96.8 cm³/mol. The number of hydrogen-bond donors (Lipinski definition) is 0. The molecule has 0 N–H and O–H groups in total. The fourth-order valence-electron chi connectivity index (χ4n) is 3.45. The van der Waals surface area contributed by atoms with Crippen molar-refractivity contribution in [3.8, 4) is 0 Å². The van der Waals surface area contributed by atoms with Crippen LogP contribution < -0.4 is 0 Å². The zero-order valence-corrected chi connectivity index (χ0v) is 14.2. The van der Waals surface area contributed by atoms with E-state index >= 15 is 0 Å². The summed E-state index contributed by atoms with van der Waals surface area (Å²) in [6, 6.07) is 10.0. The Kier molecular flexibility index (Phi) is 3.50. The predicted octanol–water partition coefficient (Wildman–Crippen LogP) is 3.77. The molecule has 120 valence electrons. The maximum absolute atomic E-state index is 12.0. The first-order valence-corrected chi connectivity index (χ1v) is 8.22. The molecule has 0 saturated heterocycles. The van der Waals surface area contributed by atoms with Crippen LogP contribution in [-0.2, 0) is 4.79 Å². The molecular formula is C19H16ClN3O. The van der Waals surface area contributed by atoms with Crippen LogP contribution in [0.4, 0.5) is 0 Å². The molecule has 0 saturated carbocycles. The van der Waals surface area contributed by atoms with Gasteiger partial charge in [0.15, 0.2) is 0 Å². The Bertz CT molecular complexity index is 877. The summed E-state index contributed by atoms with van der Waals surface area (Å²) in [7, 11) is 0. The van der Waals surface area contributed by atoms with E-state index in [2.05, 4.69) is 17.2 Å². The van der Waals surface area contributed by atoms with Crippen LogP contribution in [0.2, 0.25) is 0 Å². The zero-order valence-electron chi connectivity index (χ0n) is 13.4. The Morgan fingerprint density at radius 2 is 2.00 bits per heavy atom. The second-order valence-corrected chi connectivity index (χ2v) is 6.50. The number of amidine groups is 1. The van der Waals surface area contributed by atoms with Gasteiger partial charge in [-0.25, -0.2) is 0 Å². The molecule has 1 aromatic carbocycles. The van der Waals surface area contributed by atoms with E-state index in [0.29, 0.717) is 10.9 Å². The first kappa shape index (κ1) is 15.1. The number of fused-ring (bicyclic) bond motifs is 2. The van der Waals surface area contributed by atoms with Crippen molar-refractivity contribution in [1.82, 2.24) is 5.01 Å². The maximum atomic E-state index is 12.0. The molecule has 24 heavy (non-hydrogen) atoms. The Morgan fingerprint density at radius 1 is 1.25 bits per heavy atom. The second-order valence-electron chi connectivity index (χ2n) is 6.06. The summed E-state index contributed by atoms with van der Waals surface area (Å²) in [5.41, 5.74) is 4.17. The zero-order chi connectivity index (χ0) is 16.8. The lowest BCUT2D eigenvalue weighted by molar-refractivity contribution is -0.125. The van der Waals surface area contributed by atoms with E-state index in [9.17, 15) is 4.79 Å². The first-order valence-electron chi connectivity index (χ1n) is 7.84. The number of hydrazone groups is 1. The van der Waals surface area contributed by atoms with Crippen LogP contribution in [-0.4, -0.2) is 28.5 Å². The molecule has 0 fully saturated rings. The summed E-state index contributed by atoms with van der Waals surface area (Å²) in [4.78, 5) is 16.8. The van der Waals surface area contributed by atoms with Crippen LogP contribution in [0.25, 0.3) is 5.57 Å². The number of halogens is 1. The third-order valence-electron chi connectivity index (χ3n) is 4.45. The minimum absolute atomic E-state index is 0.116. The highest BCUT2D eigenvalue weighted by atomic mass is 35.5. The summed E-state index contributed by atoms with van der Waals surface area (Å²) in [6.07, 6.45) is 5.79. The number of amides is 1. The molecule has 2 aliphatic heterocycles. The minimum Gasteiger partial charge on any atom is -0.273 e. The molecule has 0 radical (unpaired) electrons. The highest BCUT2D eigenvalue weighted by Crippen LogP contribution is 2.41. The molecular weight excluding hydrogens is 322 g/mol. The third kappa shape index (κ3) is 2.26. The van der Waals surface area contributed by atoms with Crippen LogP contribution >= 0.6 is 11.6 Å². The second kappa shape index (κ2) is 5.56. The van der Waals surface area contributed by atoms with E-state index < -0.39 is 0 Å². The van der Waals surface area contributed by atoms with Gasteiger partial charge >= 0.3 is 0 Å². The molecule has 4 nitrogen and oxygen atoms in total. The summed E-state index contributed by atoms with van der Waals surface area (Å²) in [5, 5.41) is 6.55. The van der Waals surface area contributed by atoms with Gasteiger partial charge in [-0.15, -0.1) is 0 Å². The number of carbonyl (C=O) groups is 1. The average Bonchev–Trinajstić information content (AvgIpc) is 2.90. The van der Waals surface area contributed by atoms with Gasteiger partial charge in [0.25, 0.3) is 0 Å². The van der Waals surface area contributed by atoms with Gasteiger partial charge in [0, 0.05) is 12.0 Å². The lowest BCUT2D eigenvalue weighted by atomic mass is 9.79. The lowest BCUT2D eigenvalue weighted by Crippen LogP contribution is -2.36. The molecule has 0 bridgehead atoms. The topological polar surface area (TPSA) is 45.0 Å². The number of hydrogen-bond acceptors (Lipinski definition) is 3. The van der Waals surface area contributed by atoms with Gasteiger partial charge in [-0.3, -0.25) is 9.79 Å². The molecule has 0 aromatic heterocycles. The van der Waals surface area contributed by atoms with Crippen molar-refractivity contribution < 1.29 is 4.79 Å². The number of allylic oxidation sites excluding steroid dienone is 2. The third-order valence-corrected chi connectivity index (χ3v) is 4.69. The molecule has 1 aliphatic carbocycles. The highest BCUT2D eigenvalue weighted by Gasteiger charge is 2.42. The summed E-state index contributed by atoms with van der Waals surface area (Å²) in [6.45, 7) is 3.45. The largest absolute Gasteiger partial charge is 0.273 e. The van der Waals surface area contributed by atoms with E-state index in [4.69, 9.17) is 16.6 Å². The number of rotatable bonds is 1. The van der Waals surface area contributed by atoms with Crippen LogP contribution in [0.3, 0.4) is 0 Å². The highest BCUT2D eigenvalue weighted by molar-refractivity contribution is 6.32. The monoisotopic (exact) mass is 337 g/mol. The lowest BCUT2D eigenvalue weighted by Gasteiger charge is -2.30. The van der Waals surface area contributed by atoms with Crippen LogP contribution in [0.1, 0.15) is 19.4 Å². The Hall–Kier alpha value is -2.46. The van der Waals surface area contributed by atoms with E-state index in [1.807, 2.05) is 43.4 Å². The van der Waals surface area contributed by atoms with E-state index in [0.717, 1.165) is 22.4 Å². The molecule has 1 amide bonds. The van der Waals surface area contributed by atoms with Crippen molar-refractivity contribution >= 4 is 34.6 Å². The SMILES string of the molecule is CC(=O)N1N=C(C)[C@@H]2C1=N[C@H]1C=CC(Cl)=CC1=C2c1ccccc1. The summed E-state index contributed by atoms with van der Waals surface area (Å²) in [5.74, 6) is 0.457. The van der Waals surface area contributed by atoms with Gasteiger partial charge in [0.2, 0.25) is 5.91 Å². The fourth-order valence-corrected chi connectivity index (χ4v) is 3.64. The van der Waals surface area contributed by atoms with Crippen LogP contribution in [0.15, 0.2) is 69.3 Å². The summed E-state index contributed by atoms with van der Waals surface area (Å²) >= 11 is 6.24. The normalized spacial score (nSPS) is 25.0. The van der Waals surface area contributed by atoms with Crippen molar-refractivity contribution in [2.75, 3.05) is 0 Å². The number of dihydropyridines is 1. The van der Waals surface area contributed by atoms with Crippen LogP contribution in [0.5, 0.6) is 0 Å². The van der Waals surface area contributed by atoms with Crippen molar-refractivity contribution in [2.24, 2.45) is 16.0 Å². The maximum Gasteiger partial charge on any atom is 0.245 e. The van der Waals surface area contributed by atoms with E-state index in [1.165, 1.54) is 11.9 Å². The molecule has 0 unspecified atom stereocenters. The van der Waals surface area contributed by atoms with Crippen molar-refractivity contribution in [2.45, 2.75) is 19.9 Å². The molecule has 2 heterocycles. The number of carbonyl (C=O) groups excluding carboxylic acids is 1. The first-order chi connectivity index (χ1) is 11.6. The van der Waals surface area contributed by atoms with E-state index in [-0.39, 0.29) is 17.9 Å². The van der Waals surface area contributed by atoms with Crippen molar-refractivity contribution in [3.05, 3.63) is 64.7 Å². The number of aliphatic imine (C=N–C) groups is 1. The van der Waals surface area contributed by atoms with Gasteiger partial charge in [-0.2, -0.15) is 10.1 Å². The Labute approximate surface area is 145 Å². The van der Waals surface area contributed by atoms with Crippen molar-refractivity contribution in [1.29, 1.82) is 0 Å². The van der Waals surface area contributed by atoms with Gasteiger partial charge in [-0.1, -0.05) is 48.0 Å². The number of benzene rings is 1. The van der Waals surface area contributed by atoms with Gasteiger partial charge in [-0.05, 0) is 35.8 Å². The van der Waals surface area contributed by atoms with Crippen molar-refractivity contribution in [3.63, 3.8) is 0 Å². The molecule has 0 spiro atoms. The van der Waals surface area contributed by atoms with Gasteiger partial charge in [0.05, 0.1) is 17.7 Å². The molecule has 3 aliphatic rings. The quantitative estimate of drug-likeness (QED) is 0.769. The van der Waals surface area contributed by atoms with E-state index in [1.54, 1.807) is 0 Å². The fraction of sp³-hybridized carbons (Fsp3) is 0.211. The van der Waals surface area contributed by atoms with Gasteiger partial charge in [0.1, 0.15) is 5.84 Å². The molecule has 1 aromatic rings. The standard InChI is InChI=1S/C19H16ClN3O/c1-11-17-18(13-6-4-3-5-7-13)15-10-14(20)8-9-16(15)21-19(17)23(22-11)12(2)24/h3-10,16-17H,1-2H3/t16-,17-/m0/s1.